The van der Waals surface area contributed by atoms with E-state index in [-0.39, 0.29) is 12.4 Å². The number of halogens is 2. The number of aromatic nitrogens is 2. The Balaban J connectivity index is 0.00000133. The highest BCUT2D eigenvalue weighted by molar-refractivity contribution is 6.28. The van der Waals surface area contributed by atoms with Crippen molar-refractivity contribution in [3.63, 3.8) is 0 Å². The summed E-state index contributed by atoms with van der Waals surface area (Å²) in [5, 5.41) is 1.34. The van der Waals surface area contributed by atoms with Gasteiger partial charge in [-0.15, -0.1) is 12.4 Å². The summed E-state index contributed by atoms with van der Waals surface area (Å²) in [6, 6.07) is 6.25. The zero-order valence-electron chi connectivity index (χ0n) is 10.7. The van der Waals surface area contributed by atoms with Crippen molar-refractivity contribution in [1.29, 1.82) is 0 Å². The number of nitrogens with zero attached hydrogens (tertiary/aromatic N) is 4. The van der Waals surface area contributed by atoms with Crippen molar-refractivity contribution in [1.82, 2.24) is 14.9 Å². The van der Waals surface area contributed by atoms with Crippen LogP contribution in [0.2, 0.25) is 5.28 Å². The van der Waals surface area contributed by atoms with E-state index in [1.165, 1.54) is 5.69 Å². The van der Waals surface area contributed by atoms with Gasteiger partial charge in [0.05, 0.1) is 5.52 Å². The Labute approximate surface area is 123 Å². The molecule has 1 aliphatic rings. The molecule has 0 bridgehead atoms. The highest BCUT2D eigenvalue weighted by Crippen LogP contribution is 2.22. The molecule has 2 heterocycles. The summed E-state index contributed by atoms with van der Waals surface area (Å²) in [5.74, 6) is 0. The molecule has 0 unspecified atom stereocenters. The van der Waals surface area contributed by atoms with Gasteiger partial charge in [0.25, 0.3) is 0 Å². The monoisotopic (exact) mass is 298 g/mol. The average molecular weight is 299 g/mol. The van der Waals surface area contributed by atoms with Crippen LogP contribution in [0.5, 0.6) is 0 Å². The second-order valence-electron chi connectivity index (χ2n) is 4.67. The Morgan fingerprint density at radius 1 is 1.16 bits per heavy atom. The van der Waals surface area contributed by atoms with Crippen LogP contribution in [0.25, 0.3) is 10.9 Å². The summed E-state index contributed by atoms with van der Waals surface area (Å²) in [4.78, 5) is 13.0. The molecule has 0 N–H and O–H groups in total. The van der Waals surface area contributed by atoms with Crippen molar-refractivity contribution >= 4 is 40.6 Å². The normalized spacial score (nSPS) is 16.4. The van der Waals surface area contributed by atoms with E-state index >= 15 is 0 Å². The minimum absolute atomic E-state index is 0. The van der Waals surface area contributed by atoms with E-state index in [2.05, 4.69) is 38.9 Å². The Kier molecular flexibility index (Phi) is 4.45. The van der Waals surface area contributed by atoms with Gasteiger partial charge in [-0.25, -0.2) is 9.97 Å². The summed E-state index contributed by atoms with van der Waals surface area (Å²) in [6.07, 6.45) is 1.78. The summed E-state index contributed by atoms with van der Waals surface area (Å²) in [6.45, 7) is 4.34. The second kappa shape index (κ2) is 5.90. The molecule has 1 aromatic heterocycles. The Morgan fingerprint density at radius 2 is 1.89 bits per heavy atom. The third-order valence-electron chi connectivity index (χ3n) is 3.40. The van der Waals surface area contributed by atoms with Crippen molar-refractivity contribution in [2.75, 3.05) is 38.1 Å². The minimum Gasteiger partial charge on any atom is -0.369 e. The zero-order valence-corrected chi connectivity index (χ0v) is 12.3. The molecule has 19 heavy (non-hydrogen) atoms. The fourth-order valence-corrected chi connectivity index (χ4v) is 2.40. The molecule has 6 heteroatoms. The summed E-state index contributed by atoms with van der Waals surface area (Å²) >= 11 is 5.79. The maximum atomic E-state index is 5.79. The number of hydrogen-bond acceptors (Lipinski definition) is 4. The van der Waals surface area contributed by atoms with Gasteiger partial charge in [0.2, 0.25) is 5.28 Å². The number of piperazine rings is 1. The van der Waals surface area contributed by atoms with E-state index in [9.17, 15) is 0 Å². The van der Waals surface area contributed by atoms with Crippen LogP contribution in [0.3, 0.4) is 0 Å². The average Bonchev–Trinajstić information content (AvgIpc) is 2.39. The number of fused-ring (bicyclic) bond motifs is 1. The molecule has 2 aromatic rings. The van der Waals surface area contributed by atoms with Crippen molar-refractivity contribution < 1.29 is 0 Å². The molecule has 0 amide bonds. The smallest absolute Gasteiger partial charge is 0.222 e. The first-order valence-corrected chi connectivity index (χ1v) is 6.46. The molecular weight excluding hydrogens is 283 g/mol. The lowest BCUT2D eigenvalue weighted by Gasteiger charge is -2.34. The second-order valence-corrected chi connectivity index (χ2v) is 5.01. The van der Waals surface area contributed by atoms with Crippen molar-refractivity contribution in [2.45, 2.75) is 0 Å². The van der Waals surface area contributed by atoms with Crippen LogP contribution in [0.15, 0.2) is 24.4 Å². The largest absolute Gasteiger partial charge is 0.369 e. The predicted molar refractivity (Wildman–Crippen MR) is 81.5 cm³/mol. The molecule has 0 atom stereocenters. The van der Waals surface area contributed by atoms with E-state index in [1.54, 1.807) is 6.20 Å². The van der Waals surface area contributed by atoms with Crippen LogP contribution < -0.4 is 4.90 Å². The topological polar surface area (TPSA) is 32.3 Å². The maximum Gasteiger partial charge on any atom is 0.222 e. The lowest BCUT2D eigenvalue weighted by Crippen LogP contribution is -2.44. The summed E-state index contributed by atoms with van der Waals surface area (Å²) in [5.41, 5.74) is 2.13. The van der Waals surface area contributed by atoms with Crippen LogP contribution in [0.4, 0.5) is 5.69 Å². The van der Waals surface area contributed by atoms with E-state index < -0.39 is 0 Å². The number of hydrogen-bond donors (Lipinski definition) is 0. The molecular formula is C13H16Cl2N4. The van der Waals surface area contributed by atoms with Crippen molar-refractivity contribution in [2.24, 2.45) is 0 Å². The van der Waals surface area contributed by atoms with Gasteiger partial charge in [-0.3, -0.25) is 0 Å². The van der Waals surface area contributed by atoms with Gasteiger partial charge >= 0.3 is 0 Å². The molecule has 1 aliphatic heterocycles. The number of benzene rings is 1. The molecule has 4 nitrogen and oxygen atoms in total. The van der Waals surface area contributed by atoms with Crippen LogP contribution in [0, 0.1) is 0 Å². The van der Waals surface area contributed by atoms with Crippen molar-refractivity contribution in [3.8, 4) is 0 Å². The lowest BCUT2D eigenvalue weighted by molar-refractivity contribution is 0.313. The van der Waals surface area contributed by atoms with Gasteiger partial charge in [0.15, 0.2) is 0 Å². The third-order valence-corrected chi connectivity index (χ3v) is 3.58. The lowest BCUT2D eigenvalue weighted by atomic mass is 10.2. The highest BCUT2D eigenvalue weighted by Gasteiger charge is 2.14. The number of anilines is 1. The summed E-state index contributed by atoms with van der Waals surface area (Å²) < 4.78 is 0. The number of likely N-dealkylation sites (N-methyl/N-ethyl adjacent to an activating group) is 1. The van der Waals surface area contributed by atoms with Gasteiger partial charge in [-0.2, -0.15) is 0 Å². The van der Waals surface area contributed by atoms with Gasteiger partial charge in [0, 0.05) is 43.4 Å². The summed E-state index contributed by atoms with van der Waals surface area (Å²) in [7, 11) is 2.16. The molecule has 0 saturated carbocycles. The molecule has 102 valence electrons. The first-order valence-electron chi connectivity index (χ1n) is 6.08. The Hall–Kier alpha value is -1.10. The zero-order chi connectivity index (χ0) is 12.5. The molecule has 3 rings (SSSR count). The molecule has 1 fully saturated rings. The van der Waals surface area contributed by atoms with Crippen LogP contribution in [-0.2, 0) is 0 Å². The predicted octanol–water partition coefficient (Wildman–Crippen LogP) is 2.46. The SMILES string of the molecule is CN1CCN(c2ccc3nc(Cl)ncc3c2)CC1.Cl. The fraction of sp³-hybridized carbons (Fsp3) is 0.385. The minimum atomic E-state index is 0. The Bertz CT molecular complexity index is 568. The molecule has 1 saturated heterocycles. The molecule has 0 spiro atoms. The molecule has 1 aromatic carbocycles. The van der Waals surface area contributed by atoms with Gasteiger partial charge in [0.1, 0.15) is 0 Å². The van der Waals surface area contributed by atoms with Crippen LogP contribution >= 0.6 is 24.0 Å². The van der Waals surface area contributed by atoms with Crippen molar-refractivity contribution in [3.05, 3.63) is 29.7 Å². The highest BCUT2D eigenvalue weighted by atomic mass is 35.5. The first-order chi connectivity index (χ1) is 8.72. The van der Waals surface area contributed by atoms with E-state index in [0.29, 0.717) is 5.28 Å². The van der Waals surface area contributed by atoms with E-state index in [4.69, 9.17) is 11.6 Å². The van der Waals surface area contributed by atoms with Crippen LogP contribution in [-0.4, -0.2) is 48.1 Å². The van der Waals surface area contributed by atoms with Gasteiger partial charge < -0.3 is 9.80 Å². The standard InChI is InChI=1S/C13H15ClN4.ClH/c1-17-4-6-18(7-5-17)11-2-3-12-10(8-11)9-15-13(14)16-12;/h2-3,8-9H,4-7H2,1H3;1H. The first kappa shape index (κ1) is 14.3. The quantitative estimate of drug-likeness (QED) is 0.757. The van der Waals surface area contributed by atoms with E-state index in [1.807, 2.05) is 6.07 Å². The van der Waals surface area contributed by atoms with Crippen LogP contribution in [0.1, 0.15) is 0 Å². The number of rotatable bonds is 1. The van der Waals surface area contributed by atoms with Gasteiger partial charge in [-0.05, 0) is 36.8 Å². The van der Waals surface area contributed by atoms with E-state index in [0.717, 1.165) is 37.1 Å². The van der Waals surface area contributed by atoms with Gasteiger partial charge in [-0.1, -0.05) is 0 Å². The Morgan fingerprint density at radius 3 is 2.63 bits per heavy atom. The fourth-order valence-electron chi connectivity index (χ4n) is 2.26. The third kappa shape index (κ3) is 3.08. The maximum absolute atomic E-state index is 5.79. The molecule has 0 radical (unpaired) electrons. The molecule has 0 aliphatic carbocycles.